The third-order valence-electron chi connectivity index (χ3n) is 3.14. The molecule has 1 N–H and O–H groups in total. The van der Waals surface area contributed by atoms with Crippen LogP contribution in [0.3, 0.4) is 0 Å². The van der Waals surface area contributed by atoms with Crippen LogP contribution in [0.4, 0.5) is 14.9 Å². The van der Waals surface area contributed by atoms with Gasteiger partial charge in [-0.15, -0.1) is 0 Å². The summed E-state index contributed by atoms with van der Waals surface area (Å²) in [5.74, 6) is -0.380. The first kappa shape index (κ1) is 14.6. The Hall–Kier alpha value is -1.76. The number of thioether (sulfide) groups is 1. The maximum absolute atomic E-state index is 13.2. The Morgan fingerprint density at radius 1 is 1.50 bits per heavy atom. The van der Waals surface area contributed by atoms with Gasteiger partial charge in [0.25, 0.3) is 0 Å². The van der Waals surface area contributed by atoms with Crippen molar-refractivity contribution < 1.29 is 19.1 Å². The summed E-state index contributed by atoms with van der Waals surface area (Å²) in [6, 6.07) is 4.39. The molecule has 5 nitrogen and oxygen atoms in total. The molecule has 1 aliphatic rings. The minimum Gasteiger partial charge on any atom is -0.480 e. The summed E-state index contributed by atoms with van der Waals surface area (Å²) >= 11 is 1.51. The third-order valence-corrected chi connectivity index (χ3v) is 4.16. The number of benzene rings is 1. The fourth-order valence-electron chi connectivity index (χ4n) is 2.03. The van der Waals surface area contributed by atoms with Gasteiger partial charge in [0.2, 0.25) is 0 Å². The number of anilines is 1. The Morgan fingerprint density at radius 2 is 2.25 bits per heavy atom. The molecule has 2 amide bonds. The molecule has 0 aliphatic carbocycles. The van der Waals surface area contributed by atoms with Crippen molar-refractivity contribution in [2.24, 2.45) is 0 Å². The Labute approximate surface area is 120 Å². The summed E-state index contributed by atoms with van der Waals surface area (Å²) in [5.41, 5.74) is 0.400. The molecule has 1 unspecified atom stereocenters. The number of aliphatic carboxylic acids is 1. The molecule has 1 aromatic rings. The second-order valence-electron chi connectivity index (χ2n) is 4.44. The number of urea groups is 1. The van der Waals surface area contributed by atoms with E-state index in [-0.39, 0.29) is 0 Å². The molecule has 20 heavy (non-hydrogen) atoms. The van der Waals surface area contributed by atoms with Gasteiger partial charge in [-0.2, -0.15) is 11.8 Å². The molecule has 1 aromatic carbocycles. The minimum absolute atomic E-state index is 0.373. The first-order chi connectivity index (χ1) is 9.50. The molecule has 0 radical (unpaired) electrons. The average Bonchev–Trinajstić information content (AvgIpc) is 2.45. The Balaban J connectivity index is 2.18. The van der Waals surface area contributed by atoms with Crippen LogP contribution in [0.2, 0.25) is 0 Å². The van der Waals surface area contributed by atoms with Crippen LogP contribution in [0.1, 0.15) is 0 Å². The molecular weight excluding hydrogens is 283 g/mol. The van der Waals surface area contributed by atoms with Gasteiger partial charge < -0.3 is 10.0 Å². The number of carboxylic acid groups (broad SMARTS) is 1. The zero-order valence-corrected chi connectivity index (χ0v) is 11.8. The van der Waals surface area contributed by atoms with Crippen LogP contribution < -0.4 is 4.90 Å². The van der Waals surface area contributed by atoms with Crippen LogP contribution >= 0.6 is 11.8 Å². The highest BCUT2D eigenvalue weighted by Crippen LogP contribution is 2.21. The zero-order valence-electron chi connectivity index (χ0n) is 11.0. The summed E-state index contributed by atoms with van der Waals surface area (Å²) in [6.07, 6.45) is 0. The quantitative estimate of drug-likeness (QED) is 0.905. The van der Waals surface area contributed by atoms with E-state index in [0.717, 1.165) is 0 Å². The van der Waals surface area contributed by atoms with Crippen LogP contribution in [0, 0.1) is 5.82 Å². The lowest BCUT2D eigenvalue weighted by Gasteiger charge is -2.35. The van der Waals surface area contributed by atoms with E-state index in [9.17, 15) is 14.0 Å². The second-order valence-corrected chi connectivity index (χ2v) is 5.59. The Bertz CT molecular complexity index is 526. The number of nitrogens with zero attached hydrogens (tertiary/aromatic N) is 2. The fraction of sp³-hybridized carbons (Fsp3) is 0.385. The van der Waals surface area contributed by atoms with Gasteiger partial charge >= 0.3 is 12.0 Å². The van der Waals surface area contributed by atoms with Crippen LogP contribution in [0.15, 0.2) is 24.3 Å². The maximum Gasteiger partial charge on any atom is 0.327 e. The van der Waals surface area contributed by atoms with Gasteiger partial charge in [-0.05, 0) is 18.2 Å². The number of amides is 2. The van der Waals surface area contributed by atoms with Crippen LogP contribution in [-0.4, -0.2) is 53.1 Å². The number of carboxylic acids is 1. The van der Waals surface area contributed by atoms with Gasteiger partial charge in [0, 0.05) is 30.8 Å². The molecule has 0 bridgehead atoms. The number of halogens is 1. The molecule has 2 rings (SSSR count). The lowest BCUT2D eigenvalue weighted by atomic mass is 10.2. The summed E-state index contributed by atoms with van der Waals surface area (Å²) in [7, 11) is 1.51. The molecule has 0 aromatic heterocycles. The van der Waals surface area contributed by atoms with Gasteiger partial charge in [-0.1, -0.05) is 6.07 Å². The molecule has 0 saturated carbocycles. The van der Waals surface area contributed by atoms with Gasteiger partial charge in [0.1, 0.15) is 11.9 Å². The average molecular weight is 298 g/mol. The summed E-state index contributed by atoms with van der Waals surface area (Å²) in [6.45, 7) is 0.375. The van der Waals surface area contributed by atoms with Gasteiger partial charge in [-0.3, -0.25) is 4.90 Å². The zero-order chi connectivity index (χ0) is 14.7. The van der Waals surface area contributed by atoms with E-state index in [2.05, 4.69) is 0 Å². The second kappa shape index (κ2) is 6.13. The van der Waals surface area contributed by atoms with Crippen LogP contribution in [0.5, 0.6) is 0 Å². The van der Waals surface area contributed by atoms with E-state index in [1.54, 1.807) is 6.07 Å². The predicted molar refractivity (Wildman–Crippen MR) is 75.7 cm³/mol. The SMILES string of the molecule is CN(C(=O)N1CCSCC1C(=O)O)c1cccc(F)c1. The summed E-state index contributed by atoms with van der Waals surface area (Å²) in [4.78, 5) is 26.2. The summed E-state index contributed by atoms with van der Waals surface area (Å²) in [5, 5.41) is 9.17. The molecule has 1 aliphatic heterocycles. The van der Waals surface area contributed by atoms with Crippen molar-refractivity contribution >= 4 is 29.4 Å². The summed E-state index contributed by atoms with van der Waals surface area (Å²) < 4.78 is 13.2. The first-order valence-electron chi connectivity index (χ1n) is 6.11. The lowest BCUT2D eigenvalue weighted by Crippen LogP contribution is -2.54. The van der Waals surface area contributed by atoms with Crippen LogP contribution in [-0.2, 0) is 4.79 Å². The van der Waals surface area contributed by atoms with Crippen molar-refractivity contribution in [3.8, 4) is 0 Å². The fourth-order valence-corrected chi connectivity index (χ4v) is 3.06. The minimum atomic E-state index is -1.02. The molecule has 7 heteroatoms. The van der Waals surface area contributed by atoms with Crippen molar-refractivity contribution in [3.63, 3.8) is 0 Å². The van der Waals surface area contributed by atoms with E-state index >= 15 is 0 Å². The molecule has 1 saturated heterocycles. The number of hydrogen-bond acceptors (Lipinski definition) is 3. The number of hydrogen-bond donors (Lipinski definition) is 1. The molecule has 0 spiro atoms. The number of carbonyl (C=O) groups excluding carboxylic acids is 1. The number of carbonyl (C=O) groups is 2. The van der Waals surface area contributed by atoms with Crippen molar-refractivity contribution in [1.29, 1.82) is 0 Å². The molecule has 1 atom stereocenters. The third kappa shape index (κ3) is 3.04. The van der Waals surface area contributed by atoms with Crippen LogP contribution in [0.25, 0.3) is 0 Å². The van der Waals surface area contributed by atoms with Crippen molar-refractivity contribution in [2.75, 3.05) is 30.0 Å². The smallest absolute Gasteiger partial charge is 0.327 e. The normalized spacial score (nSPS) is 18.7. The largest absolute Gasteiger partial charge is 0.480 e. The standard InChI is InChI=1S/C13H15FN2O3S/c1-15(10-4-2-3-9(14)7-10)13(19)16-5-6-20-8-11(16)12(17)18/h2-4,7,11H,5-6,8H2,1H3,(H,17,18). The monoisotopic (exact) mass is 298 g/mol. The van der Waals surface area contributed by atoms with Gasteiger partial charge in [0.05, 0.1) is 0 Å². The number of rotatable bonds is 2. The molecule has 1 fully saturated rings. The lowest BCUT2D eigenvalue weighted by molar-refractivity contribution is -0.141. The topological polar surface area (TPSA) is 60.9 Å². The van der Waals surface area contributed by atoms with Gasteiger partial charge in [0.15, 0.2) is 0 Å². The van der Waals surface area contributed by atoms with E-state index in [4.69, 9.17) is 5.11 Å². The van der Waals surface area contributed by atoms with E-state index in [1.807, 2.05) is 0 Å². The van der Waals surface area contributed by atoms with Crippen molar-refractivity contribution in [1.82, 2.24) is 4.90 Å². The van der Waals surface area contributed by atoms with E-state index in [0.29, 0.717) is 23.7 Å². The highest BCUT2D eigenvalue weighted by molar-refractivity contribution is 7.99. The van der Waals surface area contributed by atoms with E-state index < -0.39 is 23.9 Å². The highest BCUT2D eigenvalue weighted by atomic mass is 32.2. The first-order valence-corrected chi connectivity index (χ1v) is 7.26. The van der Waals surface area contributed by atoms with Crippen molar-refractivity contribution in [2.45, 2.75) is 6.04 Å². The predicted octanol–water partition coefficient (Wildman–Crippen LogP) is 1.88. The maximum atomic E-state index is 13.2. The van der Waals surface area contributed by atoms with E-state index in [1.165, 1.54) is 46.8 Å². The van der Waals surface area contributed by atoms with Gasteiger partial charge in [-0.25, -0.2) is 14.0 Å². The Morgan fingerprint density at radius 3 is 2.90 bits per heavy atom. The Kier molecular flexibility index (Phi) is 4.49. The highest BCUT2D eigenvalue weighted by Gasteiger charge is 2.34. The molecule has 1 heterocycles. The molecular formula is C13H15FN2O3S. The molecule has 108 valence electrons. The van der Waals surface area contributed by atoms with Crippen molar-refractivity contribution in [3.05, 3.63) is 30.1 Å².